The lowest BCUT2D eigenvalue weighted by Gasteiger charge is -2.28. The summed E-state index contributed by atoms with van der Waals surface area (Å²) in [4.78, 5) is 14.9. The highest BCUT2D eigenvalue weighted by molar-refractivity contribution is 7.12. The van der Waals surface area contributed by atoms with Crippen LogP contribution in [0.3, 0.4) is 0 Å². The van der Waals surface area contributed by atoms with E-state index in [1.165, 1.54) is 4.88 Å². The first kappa shape index (κ1) is 19.3. The summed E-state index contributed by atoms with van der Waals surface area (Å²) in [6.07, 6.45) is 3.71. The molecule has 2 heterocycles. The Labute approximate surface area is 163 Å². The van der Waals surface area contributed by atoms with Gasteiger partial charge in [-0.25, -0.2) is 8.78 Å². The minimum atomic E-state index is -2.56. The fraction of sp³-hybridized carbons (Fsp3) is 0.750. The van der Waals surface area contributed by atoms with Gasteiger partial charge in [0.05, 0.1) is 5.56 Å². The van der Waals surface area contributed by atoms with Gasteiger partial charge in [0.2, 0.25) is 5.92 Å². The van der Waals surface area contributed by atoms with Crippen molar-refractivity contribution in [1.82, 2.24) is 10.6 Å². The third-order valence-electron chi connectivity index (χ3n) is 6.06. The van der Waals surface area contributed by atoms with Crippen LogP contribution in [0.1, 0.15) is 71.0 Å². The van der Waals surface area contributed by atoms with E-state index in [0.29, 0.717) is 36.4 Å². The van der Waals surface area contributed by atoms with Crippen LogP contribution in [0.25, 0.3) is 0 Å². The van der Waals surface area contributed by atoms with Crippen LogP contribution in [0.4, 0.5) is 8.78 Å². The number of halogens is 2. The summed E-state index contributed by atoms with van der Waals surface area (Å²) in [7, 11) is 0. The maximum Gasteiger partial charge on any atom is 0.252 e. The van der Waals surface area contributed by atoms with E-state index in [2.05, 4.69) is 10.6 Å². The lowest BCUT2D eigenvalue weighted by atomic mass is 9.92. The molecule has 3 aliphatic rings. The molecule has 7 heteroatoms. The lowest BCUT2D eigenvalue weighted by Crippen LogP contribution is -2.40. The molecular formula is C20H28F2N2O2S. The molecule has 1 aliphatic heterocycles. The number of thiophene rings is 1. The minimum Gasteiger partial charge on any atom is -0.381 e. The average molecular weight is 399 g/mol. The first-order valence-electron chi connectivity index (χ1n) is 10.0. The number of nitrogens with one attached hydrogen (secondary N) is 2. The molecule has 4 nitrogen and oxygen atoms in total. The molecule has 0 radical (unpaired) electrons. The van der Waals surface area contributed by atoms with Gasteiger partial charge in [0.25, 0.3) is 5.91 Å². The Morgan fingerprint density at radius 3 is 2.59 bits per heavy atom. The maximum atomic E-state index is 13.3. The van der Waals surface area contributed by atoms with Gasteiger partial charge in [0.1, 0.15) is 0 Å². The van der Waals surface area contributed by atoms with E-state index in [1.807, 2.05) is 13.0 Å². The fourth-order valence-corrected chi connectivity index (χ4v) is 5.43. The number of rotatable bonds is 5. The van der Waals surface area contributed by atoms with Crippen LogP contribution in [0.2, 0.25) is 0 Å². The van der Waals surface area contributed by atoms with Crippen molar-refractivity contribution in [3.8, 4) is 0 Å². The Hall–Kier alpha value is -1.05. The van der Waals surface area contributed by atoms with Gasteiger partial charge in [-0.3, -0.25) is 4.79 Å². The molecule has 3 fully saturated rings. The molecule has 2 saturated carbocycles. The van der Waals surface area contributed by atoms with Gasteiger partial charge >= 0.3 is 0 Å². The number of hydrogen-bond donors (Lipinski definition) is 2. The molecule has 150 valence electrons. The summed E-state index contributed by atoms with van der Waals surface area (Å²) >= 11 is 1.70. The predicted octanol–water partition coefficient (Wildman–Crippen LogP) is 3.99. The molecule has 27 heavy (non-hydrogen) atoms. The second-order valence-electron chi connectivity index (χ2n) is 8.22. The van der Waals surface area contributed by atoms with Crippen molar-refractivity contribution >= 4 is 17.2 Å². The van der Waals surface area contributed by atoms with Gasteiger partial charge in [-0.1, -0.05) is 0 Å². The molecule has 0 spiro atoms. The highest BCUT2D eigenvalue weighted by Crippen LogP contribution is 2.45. The van der Waals surface area contributed by atoms with Gasteiger partial charge in [-0.15, -0.1) is 11.3 Å². The maximum absolute atomic E-state index is 13.3. The van der Waals surface area contributed by atoms with Crippen LogP contribution < -0.4 is 10.6 Å². The molecule has 0 unspecified atom stereocenters. The van der Waals surface area contributed by atoms with E-state index < -0.39 is 5.92 Å². The Kier molecular flexibility index (Phi) is 5.54. The van der Waals surface area contributed by atoms with E-state index in [9.17, 15) is 13.6 Å². The average Bonchev–Trinajstić information content (AvgIpc) is 3.29. The van der Waals surface area contributed by atoms with Gasteiger partial charge in [-0.2, -0.15) is 0 Å². The molecule has 2 aliphatic carbocycles. The summed E-state index contributed by atoms with van der Waals surface area (Å²) in [5.41, 5.74) is 0.712. The molecule has 0 bridgehead atoms. The zero-order chi connectivity index (χ0) is 19.0. The third kappa shape index (κ3) is 4.69. The van der Waals surface area contributed by atoms with Crippen LogP contribution in [0, 0.1) is 6.92 Å². The highest BCUT2D eigenvalue weighted by Gasteiger charge is 2.41. The monoisotopic (exact) mass is 398 g/mol. The Balaban J connectivity index is 1.31. The Morgan fingerprint density at radius 2 is 1.89 bits per heavy atom. The van der Waals surface area contributed by atoms with E-state index in [1.54, 1.807) is 11.3 Å². The van der Waals surface area contributed by atoms with Crippen LogP contribution in [-0.2, 0) is 4.74 Å². The molecule has 2 N–H and O–H groups in total. The number of ether oxygens (including phenoxy) is 1. The van der Waals surface area contributed by atoms with Gasteiger partial charge in [-0.05, 0) is 45.1 Å². The number of carbonyl (C=O) groups excluding carboxylic acids is 1. The van der Waals surface area contributed by atoms with Crippen molar-refractivity contribution in [2.24, 2.45) is 0 Å². The topological polar surface area (TPSA) is 50.4 Å². The molecule has 4 rings (SSSR count). The van der Waals surface area contributed by atoms with Crippen molar-refractivity contribution < 1.29 is 18.3 Å². The third-order valence-corrected chi connectivity index (χ3v) is 7.24. The number of hydrogen-bond acceptors (Lipinski definition) is 4. The van der Waals surface area contributed by atoms with E-state index in [-0.39, 0.29) is 24.8 Å². The van der Waals surface area contributed by atoms with E-state index in [0.717, 1.165) is 37.4 Å². The quantitative estimate of drug-likeness (QED) is 0.789. The first-order chi connectivity index (χ1) is 12.9. The normalized spacial score (nSPS) is 28.9. The van der Waals surface area contributed by atoms with Gasteiger partial charge < -0.3 is 15.4 Å². The summed E-state index contributed by atoms with van der Waals surface area (Å²) in [6, 6.07) is 2.93. The Bertz CT molecular complexity index is 678. The van der Waals surface area contributed by atoms with Crippen LogP contribution in [0.5, 0.6) is 0 Å². The van der Waals surface area contributed by atoms with Crippen molar-refractivity contribution in [2.45, 2.75) is 81.8 Å². The number of carbonyl (C=O) groups is 1. The standard InChI is InChI=1S/C20H28F2N2O2S/c1-12-15(19(25)24-13-2-6-20(21,22)7-3-13)11-18(27-12)16-10-17(16)23-14-4-8-26-9-5-14/h11,13-14,16-17,23H,2-10H2,1H3,(H,24,25)/t16-,17-/m1/s1. The minimum absolute atomic E-state index is 0.111. The van der Waals surface area contributed by atoms with Gasteiger partial charge in [0.15, 0.2) is 0 Å². The second-order valence-corrected chi connectivity index (χ2v) is 9.51. The second kappa shape index (κ2) is 7.76. The van der Waals surface area contributed by atoms with Crippen molar-refractivity contribution in [3.63, 3.8) is 0 Å². The molecule has 1 amide bonds. The SMILES string of the molecule is Cc1sc([C@@H]2C[C@H]2NC2CCOCC2)cc1C(=O)NC1CCC(F)(F)CC1. The van der Waals surface area contributed by atoms with Crippen LogP contribution >= 0.6 is 11.3 Å². The lowest BCUT2D eigenvalue weighted by molar-refractivity contribution is -0.0399. The summed E-state index contributed by atoms with van der Waals surface area (Å²) in [6.45, 7) is 3.65. The summed E-state index contributed by atoms with van der Waals surface area (Å²) in [5.74, 6) is -2.18. The molecule has 1 aromatic rings. The fourth-order valence-electron chi connectivity index (χ4n) is 4.22. The predicted molar refractivity (Wildman–Crippen MR) is 102 cm³/mol. The number of amides is 1. The van der Waals surface area contributed by atoms with Crippen LogP contribution in [0.15, 0.2) is 6.07 Å². The van der Waals surface area contributed by atoms with Crippen molar-refractivity contribution in [2.75, 3.05) is 13.2 Å². The highest BCUT2D eigenvalue weighted by atomic mass is 32.1. The van der Waals surface area contributed by atoms with E-state index in [4.69, 9.17) is 4.74 Å². The molecule has 1 saturated heterocycles. The number of aryl methyl sites for hydroxylation is 1. The largest absolute Gasteiger partial charge is 0.381 e. The smallest absolute Gasteiger partial charge is 0.252 e. The van der Waals surface area contributed by atoms with Crippen LogP contribution in [-0.4, -0.2) is 43.2 Å². The zero-order valence-corrected chi connectivity index (χ0v) is 16.5. The van der Waals surface area contributed by atoms with Crippen molar-refractivity contribution in [1.29, 1.82) is 0 Å². The first-order valence-corrected chi connectivity index (χ1v) is 10.9. The molecule has 2 atom stereocenters. The van der Waals surface area contributed by atoms with Gasteiger partial charge in [0, 0.05) is 59.9 Å². The molecule has 1 aromatic heterocycles. The zero-order valence-electron chi connectivity index (χ0n) is 15.7. The van der Waals surface area contributed by atoms with E-state index >= 15 is 0 Å². The summed E-state index contributed by atoms with van der Waals surface area (Å²) < 4.78 is 32.0. The summed E-state index contributed by atoms with van der Waals surface area (Å²) in [5, 5.41) is 6.70. The Morgan fingerprint density at radius 1 is 1.19 bits per heavy atom. The molecule has 0 aromatic carbocycles. The molecular weight excluding hydrogens is 370 g/mol. The van der Waals surface area contributed by atoms with Crippen molar-refractivity contribution in [3.05, 3.63) is 21.4 Å². The number of alkyl halides is 2.